The predicted molar refractivity (Wildman–Crippen MR) is 107 cm³/mol. The Hall–Kier alpha value is -1.60. The minimum absolute atomic E-state index is 0.170. The van der Waals surface area contributed by atoms with E-state index in [1.54, 1.807) is 23.1 Å². The highest BCUT2D eigenvalue weighted by Crippen LogP contribution is 2.35. The smallest absolute Gasteiger partial charge is 0.332 e. The first kappa shape index (κ1) is 18.7. The Morgan fingerprint density at radius 1 is 1.07 bits per heavy atom. The van der Waals surface area contributed by atoms with Gasteiger partial charge in [0.05, 0.1) is 18.4 Å². The third kappa shape index (κ3) is 3.72. The molecular weight excluding hydrogens is 455 g/mol. The summed E-state index contributed by atoms with van der Waals surface area (Å²) in [6, 6.07) is 11.7. The van der Waals surface area contributed by atoms with E-state index in [-0.39, 0.29) is 18.0 Å². The molecule has 0 N–H and O–H groups in total. The molecule has 1 unspecified atom stereocenters. The highest BCUT2D eigenvalue weighted by molar-refractivity contribution is 9.10. The molecule has 0 radical (unpaired) electrons. The number of carbonyl (C=O) groups excluding carboxylic acids is 2. The van der Waals surface area contributed by atoms with Crippen LogP contribution >= 0.6 is 39.1 Å². The van der Waals surface area contributed by atoms with E-state index in [0.29, 0.717) is 35.3 Å². The molecule has 2 aliphatic rings. The molecule has 0 bridgehead atoms. The topological polar surface area (TPSA) is 49.9 Å². The highest BCUT2D eigenvalue weighted by Gasteiger charge is 2.51. The molecule has 5 nitrogen and oxygen atoms in total. The van der Waals surface area contributed by atoms with Gasteiger partial charge < -0.3 is 9.64 Å². The second kappa shape index (κ2) is 7.43. The Kier molecular flexibility index (Phi) is 5.16. The number of fused-ring (bicyclic) bond motifs is 1. The second-order valence-corrected chi connectivity index (χ2v) is 8.34. The molecular formula is C19H15BrCl2N2O3. The third-order valence-corrected chi connectivity index (χ3v) is 5.67. The van der Waals surface area contributed by atoms with Gasteiger partial charge in [-0.3, -0.25) is 4.79 Å². The van der Waals surface area contributed by atoms with Gasteiger partial charge in [-0.05, 0) is 35.9 Å². The Morgan fingerprint density at radius 3 is 2.37 bits per heavy atom. The molecule has 2 atom stereocenters. The van der Waals surface area contributed by atoms with Crippen LogP contribution in [-0.4, -0.2) is 35.5 Å². The summed E-state index contributed by atoms with van der Waals surface area (Å²) >= 11 is 15.4. The summed E-state index contributed by atoms with van der Waals surface area (Å²) in [5.41, 5.74) is 1.43. The van der Waals surface area contributed by atoms with Crippen LogP contribution in [0.4, 0.5) is 10.5 Å². The number of imide groups is 1. The molecule has 0 saturated carbocycles. The number of hydrogen-bond acceptors (Lipinski definition) is 3. The van der Waals surface area contributed by atoms with Crippen molar-refractivity contribution < 1.29 is 14.3 Å². The summed E-state index contributed by atoms with van der Waals surface area (Å²) in [5.74, 6) is -0.270. The molecule has 4 rings (SSSR count). The van der Waals surface area contributed by atoms with Crippen LogP contribution in [0.25, 0.3) is 0 Å². The molecule has 27 heavy (non-hydrogen) atoms. The summed E-state index contributed by atoms with van der Waals surface area (Å²) in [5, 5.41) is 0.752. The Labute approximate surface area is 174 Å². The van der Waals surface area contributed by atoms with E-state index in [9.17, 15) is 9.59 Å². The molecule has 2 aliphatic heterocycles. The van der Waals surface area contributed by atoms with Gasteiger partial charge in [0.1, 0.15) is 6.04 Å². The van der Waals surface area contributed by atoms with Crippen molar-refractivity contribution in [3.8, 4) is 0 Å². The molecule has 0 aliphatic carbocycles. The summed E-state index contributed by atoms with van der Waals surface area (Å²) in [6.45, 7) is 0.824. The van der Waals surface area contributed by atoms with Crippen molar-refractivity contribution in [1.29, 1.82) is 0 Å². The zero-order valence-corrected chi connectivity index (χ0v) is 17.2. The number of anilines is 1. The van der Waals surface area contributed by atoms with Gasteiger partial charge in [0.2, 0.25) is 0 Å². The molecule has 2 heterocycles. The minimum atomic E-state index is -0.509. The number of carbonyl (C=O) groups is 2. The fourth-order valence-electron chi connectivity index (χ4n) is 3.44. The average molecular weight is 470 g/mol. The molecule has 2 aromatic carbocycles. The van der Waals surface area contributed by atoms with Crippen LogP contribution in [0, 0.1) is 0 Å². The summed E-state index contributed by atoms with van der Waals surface area (Å²) in [7, 11) is 0. The average Bonchev–Trinajstić information content (AvgIpc) is 3.13. The number of hydrogen-bond donors (Lipinski definition) is 0. The first-order valence-corrected chi connectivity index (χ1v) is 9.94. The highest BCUT2D eigenvalue weighted by atomic mass is 79.9. The minimum Gasteiger partial charge on any atom is -0.372 e. The van der Waals surface area contributed by atoms with E-state index in [4.69, 9.17) is 27.9 Å². The van der Waals surface area contributed by atoms with Crippen LogP contribution in [0.15, 0.2) is 46.9 Å². The zero-order chi connectivity index (χ0) is 19.1. The lowest BCUT2D eigenvalue weighted by atomic mass is 10.1. The number of amides is 3. The molecule has 2 fully saturated rings. The van der Waals surface area contributed by atoms with Crippen molar-refractivity contribution >= 4 is 56.8 Å². The van der Waals surface area contributed by atoms with Crippen molar-refractivity contribution in [2.75, 3.05) is 11.4 Å². The largest absolute Gasteiger partial charge is 0.372 e. The van der Waals surface area contributed by atoms with Gasteiger partial charge >= 0.3 is 6.03 Å². The van der Waals surface area contributed by atoms with E-state index in [1.165, 1.54) is 0 Å². The number of ether oxygens (including phenoxy) is 1. The van der Waals surface area contributed by atoms with Crippen LogP contribution in [0.3, 0.4) is 0 Å². The van der Waals surface area contributed by atoms with Crippen molar-refractivity contribution in [3.63, 3.8) is 0 Å². The van der Waals surface area contributed by atoms with Crippen molar-refractivity contribution in [3.05, 3.63) is 62.5 Å². The van der Waals surface area contributed by atoms with Crippen molar-refractivity contribution in [2.24, 2.45) is 0 Å². The van der Waals surface area contributed by atoms with Crippen molar-refractivity contribution in [1.82, 2.24) is 4.90 Å². The maximum atomic E-state index is 12.8. The SMILES string of the molecule is O=C1C2C[C@H](OCc3ccc(Br)cc3)CN2C(=O)N1c1cc(Cl)cc(Cl)c1. The number of halogens is 3. The second-order valence-electron chi connectivity index (χ2n) is 6.55. The lowest BCUT2D eigenvalue weighted by molar-refractivity contribution is -0.119. The molecule has 0 aromatic heterocycles. The van der Waals surface area contributed by atoms with Crippen LogP contribution in [0.2, 0.25) is 10.0 Å². The zero-order valence-electron chi connectivity index (χ0n) is 14.1. The molecule has 3 amide bonds. The standard InChI is InChI=1S/C19H15BrCl2N2O3/c20-12-3-1-11(2-4-12)10-27-16-8-17-18(25)24(19(26)23(17)9-16)15-6-13(21)5-14(22)7-15/h1-7,16-17H,8-10H2/t16-,17?/m0/s1. The number of rotatable bonds is 4. The van der Waals surface area contributed by atoms with Gasteiger partial charge in [-0.1, -0.05) is 51.3 Å². The summed E-state index contributed by atoms with van der Waals surface area (Å²) < 4.78 is 6.92. The van der Waals surface area contributed by atoms with Crippen LogP contribution in [0.1, 0.15) is 12.0 Å². The maximum absolute atomic E-state index is 12.8. The van der Waals surface area contributed by atoms with Crippen molar-refractivity contribution in [2.45, 2.75) is 25.2 Å². The van der Waals surface area contributed by atoms with Crippen LogP contribution in [-0.2, 0) is 16.1 Å². The third-order valence-electron chi connectivity index (χ3n) is 4.71. The van der Waals surface area contributed by atoms with E-state index < -0.39 is 6.04 Å². The van der Waals surface area contributed by atoms with Crippen LogP contribution < -0.4 is 4.90 Å². The van der Waals surface area contributed by atoms with Crippen LogP contribution in [0.5, 0.6) is 0 Å². The van der Waals surface area contributed by atoms with E-state index in [2.05, 4.69) is 15.9 Å². The molecule has 140 valence electrons. The fraction of sp³-hybridized carbons (Fsp3) is 0.263. The van der Waals surface area contributed by atoms with Gasteiger partial charge in [0.15, 0.2) is 0 Å². The van der Waals surface area contributed by atoms with E-state index in [0.717, 1.165) is 14.9 Å². The number of nitrogens with zero attached hydrogens (tertiary/aromatic N) is 2. The summed E-state index contributed by atoms with van der Waals surface area (Å²) in [6.07, 6.45) is 0.308. The Bertz CT molecular complexity index is 862. The lowest BCUT2D eigenvalue weighted by Gasteiger charge is -2.18. The quantitative estimate of drug-likeness (QED) is 0.599. The molecule has 0 spiro atoms. The predicted octanol–water partition coefficient (Wildman–Crippen LogP) is 4.88. The Morgan fingerprint density at radius 2 is 1.74 bits per heavy atom. The first-order chi connectivity index (χ1) is 12.9. The number of urea groups is 1. The first-order valence-electron chi connectivity index (χ1n) is 8.39. The Balaban J connectivity index is 1.44. The van der Waals surface area contributed by atoms with Gasteiger partial charge in [-0.15, -0.1) is 0 Å². The molecule has 2 saturated heterocycles. The molecule has 2 aromatic rings. The number of benzene rings is 2. The molecule has 8 heteroatoms. The van der Waals surface area contributed by atoms with Gasteiger partial charge in [0.25, 0.3) is 5.91 Å². The summed E-state index contributed by atoms with van der Waals surface area (Å²) in [4.78, 5) is 28.3. The van der Waals surface area contributed by atoms with Gasteiger partial charge in [-0.25, -0.2) is 9.69 Å². The fourth-order valence-corrected chi connectivity index (χ4v) is 4.22. The maximum Gasteiger partial charge on any atom is 0.332 e. The monoisotopic (exact) mass is 468 g/mol. The van der Waals surface area contributed by atoms with Gasteiger partial charge in [0, 0.05) is 27.5 Å². The normalized spacial score (nSPS) is 21.9. The van der Waals surface area contributed by atoms with E-state index >= 15 is 0 Å². The lowest BCUT2D eigenvalue weighted by Crippen LogP contribution is -2.35. The van der Waals surface area contributed by atoms with Gasteiger partial charge in [-0.2, -0.15) is 0 Å². The van der Waals surface area contributed by atoms with E-state index in [1.807, 2.05) is 24.3 Å².